The van der Waals surface area contributed by atoms with Crippen molar-refractivity contribution in [2.45, 2.75) is 38.0 Å². The Kier molecular flexibility index (Phi) is 2.32. The summed E-state index contributed by atoms with van der Waals surface area (Å²) in [6, 6.07) is 9.13. The summed E-state index contributed by atoms with van der Waals surface area (Å²) in [6.45, 7) is 7.23. The highest BCUT2D eigenvalue weighted by Gasteiger charge is 2.47. The normalized spacial score (nSPS) is 31.6. The number of benzene rings is 1. The van der Waals surface area contributed by atoms with Gasteiger partial charge in [0.05, 0.1) is 0 Å². The zero-order valence-corrected chi connectivity index (χ0v) is 10.3. The molecule has 1 spiro atoms. The molecule has 3 rings (SSSR count). The second-order valence-electron chi connectivity index (χ2n) is 5.57. The highest BCUT2D eigenvalue weighted by atomic mass is 14.9. The average molecular weight is 215 g/mol. The van der Waals surface area contributed by atoms with Crippen molar-refractivity contribution in [1.29, 1.82) is 0 Å². The molecule has 16 heavy (non-hydrogen) atoms. The monoisotopic (exact) mass is 215 g/mol. The van der Waals surface area contributed by atoms with E-state index in [1.54, 1.807) is 11.1 Å². The van der Waals surface area contributed by atoms with Crippen LogP contribution < -0.4 is 5.32 Å². The first-order valence-electron chi connectivity index (χ1n) is 6.56. The molecule has 2 atom stereocenters. The molecule has 0 aromatic heterocycles. The van der Waals surface area contributed by atoms with Crippen molar-refractivity contribution in [3.8, 4) is 0 Å². The molecule has 1 fully saturated rings. The van der Waals surface area contributed by atoms with Gasteiger partial charge >= 0.3 is 0 Å². The molecule has 1 aromatic carbocycles. The predicted octanol–water partition coefficient (Wildman–Crippen LogP) is 3.06. The van der Waals surface area contributed by atoms with Crippen molar-refractivity contribution in [3.05, 3.63) is 35.4 Å². The molecule has 1 aliphatic carbocycles. The van der Waals surface area contributed by atoms with Gasteiger partial charge in [-0.15, -0.1) is 0 Å². The standard InChI is InChI=1S/C15H21N/c1-11-12(2)15(7-9-16-10-8-15)14-6-4-3-5-13(11)14/h3-6,11-12,16H,7-10H2,1-2H3. The first kappa shape index (κ1) is 10.3. The number of fused-ring (bicyclic) bond motifs is 2. The molecule has 0 radical (unpaired) electrons. The van der Waals surface area contributed by atoms with Crippen LogP contribution in [-0.4, -0.2) is 13.1 Å². The minimum atomic E-state index is 0.473. The first-order chi connectivity index (χ1) is 7.76. The molecular weight excluding hydrogens is 194 g/mol. The Labute approximate surface area is 98.3 Å². The molecule has 1 N–H and O–H groups in total. The maximum absolute atomic E-state index is 3.50. The highest BCUT2D eigenvalue weighted by molar-refractivity contribution is 5.44. The fourth-order valence-corrected chi connectivity index (χ4v) is 3.94. The third-order valence-corrected chi connectivity index (χ3v) is 5.11. The minimum absolute atomic E-state index is 0.473. The largest absolute Gasteiger partial charge is 0.317 e. The molecule has 0 saturated carbocycles. The molecule has 0 bridgehead atoms. The molecule has 0 amide bonds. The van der Waals surface area contributed by atoms with Crippen LogP contribution in [-0.2, 0) is 5.41 Å². The van der Waals surface area contributed by atoms with E-state index >= 15 is 0 Å². The van der Waals surface area contributed by atoms with Gasteiger partial charge < -0.3 is 5.32 Å². The van der Waals surface area contributed by atoms with Gasteiger partial charge in [0.1, 0.15) is 0 Å². The van der Waals surface area contributed by atoms with E-state index in [9.17, 15) is 0 Å². The second-order valence-corrected chi connectivity index (χ2v) is 5.57. The second kappa shape index (κ2) is 3.59. The summed E-state index contributed by atoms with van der Waals surface area (Å²) in [5, 5.41) is 3.50. The molecule has 1 nitrogen and oxygen atoms in total. The Morgan fingerprint density at radius 2 is 1.81 bits per heavy atom. The van der Waals surface area contributed by atoms with Crippen molar-refractivity contribution in [1.82, 2.24) is 5.32 Å². The average Bonchev–Trinajstić information content (AvgIpc) is 2.55. The summed E-state index contributed by atoms with van der Waals surface area (Å²) in [6.07, 6.45) is 2.63. The SMILES string of the molecule is CC1c2ccccc2C2(CCNCC2)C1C. The number of piperidine rings is 1. The van der Waals surface area contributed by atoms with Gasteiger partial charge in [-0.1, -0.05) is 38.1 Å². The van der Waals surface area contributed by atoms with E-state index in [0.717, 1.165) is 11.8 Å². The lowest BCUT2D eigenvalue weighted by Gasteiger charge is -2.39. The van der Waals surface area contributed by atoms with E-state index in [1.807, 2.05) is 0 Å². The third kappa shape index (κ3) is 1.21. The van der Waals surface area contributed by atoms with Crippen LogP contribution in [0, 0.1) is 5.92 Å². The lowest BCUT2D eigenvalue weighted by molar-refractivity contribution is 0.218. The molecular formula is C15H21N. The summed E-state index contributed by atoms with van der Waals surface area (Å²) < 4.78 is 0. The number of hydrogen-bond donors (Lipinski definition) is 1. The van der Waals surface area contributed by atoms with Crippen LogP contribution in [0.1, 0.15) is 43.7 Å². The summed E-state index contributed by atoms with van der Waals surface area (Å²) >= 11 is 0. The Morgan fingerprint density at radius 1 is 1.12 bits per heavy atom. The maximum atomic E-state index is 3.50. The maximum Gasteiger partial charge on any atom is 0.00113 e. The summed E-state index contributed by atoms with van der Waals surface area (Å²) in [5.41, 5.74) is 3.73. The van der Waals surface area contributed by atoms with Gasteiger partial charge in [-0.05, 0) is 48.9 Å². The molecule has 1 heterocycles. The van der Waals surface area contributed by atoms with Crippen molar-refractivity contribution in [2.75, 3.05) is 13.1 Å². The number of rotatable bonds is 0. The zero-order valence-electron chi connectivity index (χ0n) is 10.3. The summed E-state index contributed by atoms with van der Waals surface area (Å²) in [7, 11) is 0. The summed E-state index contributed by atoms with van der Waals surface area (Å²) in [5.74, 6) is 1.53. The quantitative estimate of drug-likeness (QED) is 0.701. The van der Waals surface area contributed by atoms with Gasteiger partial charge in [-0.25, -0.2) is 0 Å². The lowest BCUT2D eigenvalue weighted by Crippen LogP contribution is -2.42. The Hall–Kier alpha value is -0.820. The van der Waals surface area contributed by atoms with Gasteiger partial charge in [0.15, 0.2) is 0 Å². The van der Waals surface area contributed by atoms with Crippen LogP contribution in [0.3, 0.4) is 0 Å². The number of nitrogens with one attached hydrogen (secondary N) is 1. The molecule has 2 unspecified atom stereocenters. The topological polar surface area (TPSA) is 12.0 Å². The van der Waals surface area contributed by atoms with Crippen LogP contribution in [0.15, 0.2) is 24.3 Å². The predicted molar refractivity (Wildman–Crippen MR) is 67.8 cm³/mol. The van der Waals surface area contributed by atoms with E-state index in [-0.39, 0.29) is 0 Å². The minimum Gasteiger partial charge on any atom is -0.317 e. The molecule has 2 aliphatic rings. The zero-order chi connectivity index (χ0) is 11.2. The van der Waals surface area contributed by atoms with Crippen molar-refractivity contribution >= 4 is 0 Å². The van der Waals surface area contributed by atoms with Crippen molar-refractivity contribution < 1.29 is 0 Å². The molecule has 1 saturated heterocycles. The molecule has 1 heteroatoms. The van der Waals surface area contributed by atoms with E-state index in [1.165, 1.54) is 25.9 Å². The van der Waals surface area contributed by atoms with Crippen LogP contribution in [0.25, 0.3) is 0 Å². The summed E-state index contributed by atoms with van der Waals surface area (Å²) in [4.78, 5) is 0. The fraction of sp³-hybridized carbons (Fsp3) is 0.600. The fourth-order valence-electron chi connectivity index (χ4n) is 3.94. The van der Waals surface area contributed by atoms with Gasteiger partial charge in [0.2, 0.25) is 0 Å². The first-order valence-corrected chi connectivity index (χ1v) is 6.56. The van der Waals surface area contributed by atoms with Crippen LogP contribution in [0.2, 0.25) is 0 Å². The molecule has 86 valence electrons. The highest BCUT2D eigenvalue weighted by Crippen LogP contribution is 2.54. The van der Waals surface area contributed by atoms with Crippen molar-refractivity contribution in [3.63, 3.8) is 0 Å². The Morgan fingerprint density at radius 3 is 2.56 bits per heavy atom. The van der Waals surface area contributed by atoms with E-state index in [2.05, 4.69) is 43.4 Å². The lowest BCUT2D eigenvalue weighted by atomic mass is 9.68. The smallest absolute Gasteiger partial charge is 0.00113 e. The van der Waals surface area contributed by atoms with Gasteiger partial charge in [-0.2, -0.15) is 0 Å². The van der Waals surface area contributed by atoms with Crippen LogP contribution in [0.5, 0.6) is 0 Å². The van der Waals surface area contributed by atoms with E-state index < -0.39 is 0 Å². The van der Waals surface area contributed by atoms with E-state index in [0.29, 0.717) is 5.41 Å². The van der Waals surface area contributed by atoms with Crippen molar-refractivity contribution in [2.24, 2.45) is 5.92 Å². The van der Waals surface area contributed by atoms with Gasteiger partial charge in [-0.3, -0.25) is 0 Å². The third-order valence-electron chi connectivity index (χ3n) is 5.11. The Balaban J connectivity index is 2.12. The molecule has 1 aliphatic heterocycles. The van der Waals surface area contributed by atoms with Gasteiger partial charge in [0, 0.05) is 5.41 Å². The van der Waals surface area contributed by atoms with Crippen LogP contribution in [0.4, 0.5) is 0 Å². The Bertz CT molecular complexity index is 390. The number of hydrogen-bond acceptors (Lipinski definition) is 1. The van der Waals surface area contributed by atoms with Gasteiger partial charge in [0.25, 0.3) is 0 Å². The molecule has 1 aromatic rings. The van der Waals surface area contributed by atoms with Crippen LogP contribution >= 0.6 is 0 Å². The van der Waals surface area contributed by atoms with E-state index in [4.69, 9.17) is 0 Å².